The monoisotopic (exact) mass is 280 g/mol. The summed E-state index contributed by atoms with van der Waals surface area (Å²) in [5, 5.41) is 0. The zero-order valence-electron chi connectivity index (χ0n) is 3.67. The van der Waals surface area contributed by atoms with Gasteiger partial charge in [0.2, 0.25) is 0 Å². The van der Waals surface area contributed by atoms with Gasteiger partial charge in [-0.05, 0) is 0 Å². The number of rotatable bonds is 0. The summed E-state index contributed by atoms with van der Waals surface area (Å²) in [6, 6.07) is 0. The van der Waals surface area contributed by atoms with Crippen molar-refractivity contribution < 1.29 is 38.1 Å². The van der Waals surface area contributed by atoms with Crippen LogP contribution in [0.15, 0.2) is 0 Å². The molecule has 0 aliphatic carbocycles. The van der Waals surface area contributed by atoms with Crippen molar-refractivity contribution in [1.82, 2.24) is 0 Å². The molecule has 0 atom stereocenters. The first-order valence-corrected chi connectivity index (χ1v) is 2.07. The first kappa shape index (κ1) is 23.2. The Hall–Kier alpha value is 1.86. The molecule has 0 amide bonds. The molecule has 0 heterocycles. The first-order chi connectivity index (χ1) is 2.41. The summed E-state index contributed by atoms with van der Waals surface area (Å²) >= 11 is 0.750. The van der Waals surface area contributed by atoms with Gasteiger partial charge in [-0.1, -0.05) is 0 Å². The van der Waals surface area contributed by atoms with E-state index in [4.69, 9.17) is 12.2 Å². The summed E-state index contributed by atoms with van der Waals surface area (Å²) in [5.74, 6) is 0. The quantitative estimate of drug-likeness (QED) is 0.502. The van der Waals surface area contributed by atoms with Gasteiger partial charge in [-0.25, -0.2) is 0 Å². The van der Waals surface area contributed by atoms with Crippen molar-refractivity contribution in [2.45, 2.75) is 0 Å². The van der Waals surface area contributed by atoms with Crippen LogP contribution in [-0.2, 0) is 32.7 Å². The van der Waals surface area contributed by atoms with E-state index in [1.807, 2.05) is 0 Å². The van der Waals surface area contributed by atoms with Crippen LogP contribution in [-0.4, -0.2) is 63.6 Å². The Bertz CT molecular complexity index is 41.0. The molecule has 0 aliphatic heterocycles. The fourth-order valence-corrected chi connectivity index (χ4v) is 0. The van der Waals surface area contributed by atoms with Gasteiger partial charge in [-0.15, -0.1) is 0 Å². The second kappa shape index (κ2) is 45.2. The van der Waals surface area contributed by atoms with Crippen LogP contribution in [0.25, 0.3) is 0 Å². The minimum absolute atomic E-state index is 0. The SMILES string of the molecule is O=[Si]=O.[BaH+].[OH-].[O]=[Ti]. The van der Waals surface area contributed by atoms with Gasteiger partial charge in [0.05, 0.1) is 0 Å². The van der Waals surface area contributed by atoms with E-state index in [2.05, 4.69) is 0 Å². The molecule has 0 aromatic rings. The molecule has 36 valence electrons. The van der Waals surface area contributed by atoms with Crippen LogP contribution in [0.4, 0.5) is 0 Å². The van der Waals surface area contributed by atoms with Crippen molar-refractivity contribution in [3.63, 3.8) is 0 Å². The fourth-order valence-electron chi connectivity index (χ4n) is 0. The molecule has 0 bridgehead atoms. The van der Waals surface area contributed by atoms with Crippen molar-refractivity contribution in [1.29, 1.82) is 0 Å². The average Bonchev–Trinajstić information content (AvgIpc) is 1.46. The third-order valence-corrected chi connectivity index (χ3v) is 0. The topological polar surface area (TPSA) is 81.2 Å². The number of hydrogen-bond acceptors (Lipinski definition) is 4. The maximum absolute atomic E-state index is 8.40. The Labute approximate surface area is 94.5 Å². The fraction of sp³-hybridized carbons (Fsp3) is 0. The van der Waals surface area contributed by atoms with Gasteiger partial charge in [-0.2, -0.15) is 0 Å². The van der Waals surface area contributed by atoms with E-state index in [0.29, 0.717) is 0 Å². The van der Waals surface area contributed by atoms with Gasteiger partial charge in [0.1, 0.15) is 0 Å². The van der Waals surface area contributed by atoms with Crippen molar-refractivity contribution in [3.05, 3.63) is 0 Å². The molecular formula is H2BaO4SiTi. The average molecular weight is 279 g/mol. The zero-order chi connectivity index (χ0) is 4.71. The summed E-state index contributed by atoms with van der Waals surface area (Å²) in [7, 11) is -1.42. The van der Waals surface area contributed by atoms with Gasteiger partial charge in [0.25, 0.3) is 0 Å². The summed E-state index contributed by atoms with van der Waals surface area (Å²) in [5.41, 5.74) is 0. The molecule has 0 aliphatic rings. The van der Waals surface area contributed by atoms with Crippen molar-refractivity contribution in [2.75, 3.05) is 0 Å². The molecule has 0 aromatic heterocycles. The van der Waals surface area contributed by atoms with Gasteiger partial charge in [0.15, 0.2) is 0 Å². The van der Waals surface area contributed by atoms with Gasteiger partial charge >= 0.3 is 81.9 Å². The standard InChI is InChI=1S/Ba.O2Si.H2O.O.Ti.H/c;1-3-2;;;;/h;;1H2;;;/q+1;;;;;/p-1. The molecular weight excluding hydrogens is 277 g/mol. The van der Waals surface area contributed by atoms with Crippen LogP contribution >= 0.6 is 0 Å². The Morgan fingerprint density at radius 1 is 1.14 bits per heavy atom. The number of hydrogen-bond donors (Lipinski definition) is 0. The molecule has 0 spiro atoms. The van der Waals surface area contributed by atoms with Crippen LogP contribution < -0.4 is 0 Å². The Morgan fingerprint density at radius 2 is 1.14 bits per heavy atom. The predicted octanol–water partition coefficient (Wildman–Crippen LogP) is -1.56. The van der Waals surface area contributed by atoms with E-state index in [0.717, 1.165) is 20.4 Å². The molecule has 0 saturated heterocycles. The molecule has 0 saturated carbocycles. The van der Waals surface area contributed by atoms with Crippen LogP contribution in [0.5, 0.6) is 0 Å². The van der Waals surface area contributed by atoms with Crippen LogP contribution in [0.2, 0.25) is 0 Å². The van der Waals surface area contributed by atoms with E-state index in [9.17, 15) is 0 Å². The predicted molar refractivity (Wildman–Crippen MR) is 16.9 cm³/mol. The van der Waals surface area contributed by atoms with Crippen molar-refractivity contribution >= 4 is 58.2 Å². The molecule has 0 unspecified atom stereocenters. The molecule has 0 radical (unpaired) electrons. The summed E-state index contributed by atoms with van der Waals surface area (Å²) in [6.07, 6.45) is 0. The second-order valence-corrected chi connectivity index (χ2v) is 0.250. The van der Waals surface area contributed by atoms with Gasteiger partial charge < -0.3 is 5.48 Å². The maximum atomic E-state index is 8.40. The Morgan fingerprint density at radius 3 is 1.14 bits per heavy atom. The van der Waals surface area contributed by atoms with Crippen LogP contribution in [0.1, 0.15) is 0 Å². The molecule has 7 heavy (non-hydrogen) atoms. The van der Waals surface area contributed by atoms with Crippen LogP contribution in [0.3, 0.4) is 0 Å². The van der Waals surface area contributed by atoms with E-state index >= 15 is 0 Å². The normalized spacial score (nSPS) is 1.57. The summed E-state index contributed by atoms with van der Waals surface area (Å²) in [4.78, 5) is 0. The Kier molecular flexibility index (Phi) is 150. The molecule has 0 rings (SSSR count). The van der Waals surface area contributed by atoms with E-state index in [1.54, 1.807) is 0 Å². The van der Waals surface area contributed by atoms with Gasteiger partial charge in [-0.3, -0.25) is 8.92 Å². The van der Waals surface area contributed by atoms with E-state index in [-0.39, 0.29) is 54.4 Å². The van der Waals surface area contributed by atoms with Crippen molar-refractivity contribution in [3.8, 4) is 0 Å². The van der Waals surface area contributed by atoms with Crippen molar-refractivity contribution in [2.24, 2.45) is 0 Å². The first-order valence-electron chi connectivity index (χ1n) is 0.612. The molecule has 7 heteroatoms. The van der Waals surface area contributed by atoms with Crippen LogP contribution in [0, 0.1) is 0 Å². The molecule has 4 nitrogen and oxygen atoms in total. The van der Waals surface area contributed by atoms with E-state index in [1.165, 1.54) is 0 Å². The van der Waals surface area contributed by atoms with Gasteiger partial charge in [0, 0.05) is 0 Å². The van der Waals surface area contributed by atoms with E-state index < -0.39 is 9.29 Å². The molecule has 0 fully saturated rings. The third kappa shape index (κ3) is 77.9. The molecule has 1 N–H and O–H groups in total. The second-order valence-electron chi connectivity index (χ2n) is 0.0833. The Balaban J connectivity index is -0.0000000105. The summed E-state index contributed by atoms with van der Waals surface area (Å²) < 4.78 is 25.1. The summed E-state index contributed by atoms with van der Waals surface area (Å²) in [6.45, 7) is 0. The third-order valence-electron chi connectivity index (χ3n) is 0. The molecule has 0 aromatic carbocycles. The minimum atomic E-state index is -1.42. The zero-order valence-corrected chi connectivity index (χ0v) is 12.5.